The molecule has 0 saturated carbocycles. The zero-order chi connectivity index (χ0) is 14.0. The minimum atomic E-state index is -3.58. The van der Waals surface area contributed by atoms with Gasteiger partial charge in [-0.15, -0.1) is 0 Å². The number of hydrogen-bond acceptors (Lipinski definition) is 6. The van der Waals surface area contributed by atoms with Gasteiger partial charge in [0.25, 0.3) is 0 Å². The first kappa shape index (κ1) is 13.7. The third-order valence-electron chi connectivity index (χ3n) is 2.78. The number of carbonyl (C=O) groups is 1. The molecular weight excluding hydrogens is 272 g/mol. The van der Waals surface area contributed by atoms with Crippen molar-refractivity contribution >= 4 is 21.6 Å². The summed E-state index contributed by atoms with van der Waals surface area (Å²) in [5.74, 6) is -0.668. The van der Waals surface area contributed by atoms with Gasteiger partial charge in [0.1, 0.15) is 0 Å². The molecule has 1 aliphatic heterocycles. The molecule has 2 rings (SSSR count). The van der Waals surface area contributed by atoms with Crippen LogP contribution in [0.5, 0.6) is 6.01 Å². The Labute approximate surface area is 110 Å². The molecule has 0 spiro atoms. The Balaban J connectivity index is 2.11. The summed E-state index contributed by atoms with van der Waals surface area (Å²) in [5.41, 5.74) is 0.516. The average molecular weight is 286 g/mol. The number of aromatic nitrogens is 2. The Hall–Kier alpha value is -1.74. The summed E-state index contributed by atoms with van der Waals surface area (Å²) >= 11 is 0. The van der Waals surface area contributed by atoms with E-state index in [2.05, 4.69) is 9.97 Å². The van der Waals surface area contributed by atoms with E-state index in [1.54, 1.807) is 0 Å². The standard InChI is InChI=1S/C10H14N4O4S/c1-18-10-12-3-8(4-13-10)14-5-7(2-9(14)15)6-19(11,16)17/h3-4,7H,2,5-6H2,1H3,(H2,11,16,17). The predicted molar refractivity (Wildman–Crippen MR) is 67.0 cm³/mol. The maximum Gasteiger partial charge on any atom is 0.316 e. The number of hydrogen-bond donors (Lipinski definition) is 1. The summed E-state index contributed by atoms with van der Waals surface area (Å²) in [5, 5.41) is 4.98. The molecule has 1 saturated heterocycles. The molecule has 2 N–H and O–H groups in total. The number of ether oxygens (including phenoxy) is 1. The number of nitrogens with two attached hydrogens (primary N) is 1. The van der Waals surface area contributed by atoms with Crippen molar-refractivity contribution in [2.75, 3.05) is 24.3 Å². The summed E-state index contributed by atoms with van der Waals surface area (Å²) < 4.78 is 26.9. The van der Waals surface area contributed by atoms with Crippen LogP contribution < -0.4 is 14.8 Å². The molecule has 1 aliphatic rings. The van der Waals surface area contributed by atoms with Gasteiger partial charge in [-0.05, 0) is 0 Å². The van der Waals surface area contributed by atoms with Gasteiger partial charge in [-0.2, -0.15) is 0 Å². The highest BCUT2D eigenvalue weighted by atomic mass is 32.2. The quantitative estimate of drug-likeness (QED) is 0.769. The van der Waals surface area contributed by atoms with Crippen LogP contribution >= 0.6 is 0 Å². The smallest absolute Gasteiger partial charge is 0.316 e. The van der Waals surface area contributed by atoms with Crippen LogP contribution in [-0.4, -0.2) is 43.7 Å². The van der Waals surface area contributed by atoms with Gasteiger partial charge in [-0.1, -0.05) is 0 Å². The van der Waals surface area contributed by atoms with Crippen molar-refractivity contribution in [3.63, 3.8) is 0 Å². The molecule has 1 atom stereocenters. The van der Waals surface area contributed by atoms with Crippen LogP contribution in [0.25, 0.3) is 0 Å². The minimum Gasteiger partial charge on any atom is -0.467 e. The van der Waals surface area contributed by atoms with Gasteiger partial charge in [0.15, 0.2) is 0 Å². The van der Waals surface area contributed by atoms with E-state index in [0.29, 0.717) is 12.2 Å². The lowest BCUT2D eigenvalue weighted by Crippen LogP contribution is -2.27. The Morgan fingerprint density at radius 1 is 1.47 bits per heavy atom. The molecule has 0 bridgehead atoms. The molecule has 1 fully saturated rings. The Bertz CT molecular complexity index is 572. The lowest BCUT2D eigenvalue weighted by Gasteiger charge is -2.15. The van der Waals surface area contributed by atoms with Crippen molar-refractivity contribution in [2.45, 2.75) is 6.42 Å². The van der Waals surface area contributed by atoms with Crippen LogP contribution in [0.1, 0.15) is 6.42 Å². The largest absolute Gasteiger partial charge is 0.467 e. The van der Waals surface area contributed by atoms with E-state index in [4.69, 9.17) is 9.88 Å². The highest BCUT2D eigenvalue weighted by Crippen LogP contribution is 2.25. The molecule has 1 amide bonds. The fraction of sp³-hybridized carbons (Fsp3) is 0.500. The van der Waals surface area contributed by atoms with E-state index in [-0.39, 0.29) is 30.0 Å². The van der Waals surface area contributed by atoms with E-state index >= 15 is 0 Å². The second-order valence-corrected chi connectivity index (χ2v) is 5.99. The summed E-state index contributed by atoms with van der Waals surface area (Å²) in [6.07, 6.45) is 3.08. The van der Waals surface area contributed by atoms with Crippen molar-refractivity contribution in [2.24, 2.45) is 11.1 Å². The first-order valence-electron chi connectivity index (χ1n) is 5.56. The molecule has 0 aliphatic carbocycles. The zero-order valence-corrected chi connectivity index (χ0v) is 11.1. The lowest BCUT2D eigenvalue weighted by atomic mass is 10.1. The van der Waals surface area contributed by atoms with Gasteiger partial charge in [0, 0.05) is 18.9 Å². The number of anilines is 1. The second kappa shape index (κ2) is 5.10. The molecule has 104 valence electrons. The fourth-order valence-corrected chi connectivity index (χ4v) is 2.91. The molecule has 9 heteroatoms. The number of nitrogens with zero attached hydrogens (tertiary/aromatic N) is 3. The molecule has 8 nitrogen and oxygen atoms in total. The highest BCUT2D eigenvalue weighted by Gasteiger charge is 2.33. The molecule has 1 aromatic heterocycles. The Morgan fingerprint density at radius 2 is 2.11 bits per heavy atom. The Morgan fingerprint density at radius 3 is 2.63 bits per heavy atom. The first-order chi connectivity index (χ1) is 8.89. The van der Waals surface area contributed by atoms with Gasteiger partial charge in [-0.25, -0.2) is 23.5 Å². The van der Waals surface area contributed by atoms with Crippen molar-refractivity contribution in [3.05, 3.63) is 12.4 Å². The topological polar surface area (TPSA) is 115 Å². The van der Waals surface area contributed by atoms with Crippen molar-refractivity contribution < 1.29 is 17.9 Å². The van der Waals surface area contributed by atoms with Gasteiger partial charge in [0.2, 0.25) is 15.9 Å². The number of methoxy groups -OCH3 is 1. The first-order valence-corrected chi connectivity index (χ1v) is 7.27. The zero-order valence-electron chi connectivity index (χ0n) is 10.3. The van der Waals surface area contributed by atoms with E-state index < -0.39 is 10.0 Å². The Kier molecular flexibility index (Phi) is 3.67. The summed E-state index contributed by atoms with van der Waals surface area (Å²) in [6.45, 7) is 0.297. The van der Waals surface area contributed by atoms with Crippen LogP contribution in [0, 0.1) is 5.92 Å². The van der Waals surface area contributed by atoms with Crippen LogP contribution in [0.4, 0.5) is 5.69 Å². The van der Waals surface area contributed by atoms with Crippen LogP contribution in [0.3, 0.4) is 0 Å². The third kappa shape index (κ3) is 3.38. The molecule has 1 aromatic rings. The summed E-state index contributed by atoms with van der Waals surface area (Å²) in [7, 11) is -2.13. The molecule has 0 aromatic carbocycles. The van der Waals surface area contributed by atoms with Gasteiger partial charge in [0.05, 0.1) is 30.9 Å². The normalized spacial score (nSPS) is 19.8. The molecule has 1 unspecified atom stereocenters. The maximum absolute atomic E-state index is 11.8. The number of carbonyl (C=O) groups excluding carboxylic acids is 1. The van der Waals surface area contributed by atoms with Crippen LogP contribution in [0.2, 0.25) is 0 Å². The maximum atomic E-state index is 11.8. The van der Waals surface area contributed by atoms with E-state index in [9.17, 15) is 13.2 Å². The van der Waals surface area contributed by atoms with Gasteiger partial charge < -0.3 is 9.64 Å². The monoisotopic (exact) mass is 286 g/mol. The number of amides is 1. The van der Waals surface area contributed by atoms with E-state index in [0.717, 1.165) is 0 Å². The van der Waals surface area contributed by atoms with Gasteiger partial charge in [-0.3, -0.25) is 4.79 Å². The van der Waals surface area contributed by atoms with Gasteiger partial charge >= 0.3 is 6.01 Å². The fourth-order valence-electron chi connectivity index (χ4n) is 2.03. The van der Waals surface area contributed by atoms with Crippen molar-refractivity contribution in [3.8, 4) is 6.01 Å². The number of primary sulfonamides is 1. The summed E-state index contributed by atoms with van der Waals surface area (Å²) in [4.78, 5) is 21.1. The highest BCUT2D eigenvalue weighted by molar-refractivity contribution is 7.89. The molecular formula is C10H14N4O4S. The minimum absolute atomic E-state index is 0.155. The average Bonchev–Trinajstić information content (AvgIpc) is 2.68. The summed E-state index contributed by atoms with van der Waals surface area (Å²) in [6, 6.07) is 0.205. The SMILES string of the molecule is COc1ncc(N2CC(CS(N)(=O)=O)CC2=O)cn1. The van der Waals surface area contributed by atoms with E-state index in [1.165, 1.54) is 24.4 Å². The predicted octanol–water partition coefficient (Wildman–Crippen LogP) is -0.873. The third-order valence-corrected chi connectivity index (χ3v) is 3.72. The van der Waals surface area contributed by atoms with Crippen molar-refractivity contribution in [1.82, 2.24) is 9.97 Å². The van der Waals surface area contributed by atoms with Crippen LogP contribution in [-0.2, 0) is 14.8 Å². The van der Waals surface area contributed by atoms with Crippen molar-refractivity contribution in [1.29, 1.82) is 0 Å². The lowest BCUT2D eigenvalue weighted by molar-refractivity contribution is -0.117. The molecule has 2 heterocycles. The molecule has 0 radical (unpaired) electrons. The number of sulfonamides is 1. The molecule has 19 heavy (non-hydrogen) atoms. The second-order valence-electron chi connectivity index (χ2n) is 4.33. The van der Waals surface area contributed by atoms with E-state index in [1.807, 2.05) is 0 Å². The number of rotatable bonds is 4. The van der Waals surface area contributed by atoms with Crippen LogP contribution in [0.15, 0.2) is 12.4 Å².